The van der Waals surface area contributed by atoms with E-state index in [4.69, 9.17) is 21.3 Å². The fraction of sp³-hybridized carbons (Fsp3) is 0.474. The van der Waals surface area contributed by atoms with Crippen LogP contribution < -0.4 is 9.80 Å². The number of hydrogen-bond acceptors (Lipinski definition) is 6. The number of morpholine rings is 1. The smallest absolute Gasteiger partial charge is 0.227 e. The summed E-state index contributed by atoms with van der Waals surface area (Å²) in [5.41, 5.74) is 1.11. The van der Waals surface area contributed by atoms with Crippen LogP contribution in [0.2, 0.25) is 5.02 Å². The lowest BCUT2D eigenvalue weighted by Crippen LogP contribution is -2.40. The molecule has 138 valence electrons. The van der Waals surface area contributed by atoms with Crippen molar-refractivity contribution in [2.24, 2.45) is 0 Å². The largest absolute Gasteiger partial charge is 0.393 e. The van der Waals surface area contributed by atoms with Gasteiger partial charge in [-0.15, -0.1) is 0 Å². The summed E-state index contributed by atoms with van der Waals surface area (Å²) >= 11 is 5.98. The highest BCUT2D eigenvalue weighted by molar-refractivity contribution is 6.30. The van der Waals surface area contributed by atoms with Crippen LogP contribution in [0.15, 0.2) is 36.5 Å². The molecule has 2 aliphatic heterocycles. The first-order valence-corrected chi connectivity index (χ1v) is 9.45. The highest BCUT2D eigenvalue weighted by Gasteiger charge is 2.25. The third kappa shape index (κ3) is 3.92. The van der Waals surface area contributed by atoms with E-state index in [9.17, 15) is 5.11 Å². The zero-order valence-corrected chi connectivity index (χ0v) is 15.3. The Bertz CT molecular complexity index is 735. The van der Waals surface area contributed by atoms with Crippen molar-refractivity contribution in [1.82, 2.24) is 9.97 Å². The molecule has 2 fully saturated rings. The van der Waals surface area contributed by atoms with Gasteiger partial charge < -0.3 is 19.6 Å². The Morgan fingerprint density at radius 3 is 2.58 bits per heavy atom. The molecule has 7 heteroatoms. The number of aromatic nitrogens is 2. The van der Waals surface area contributed by atoms with E-state index < -0.39 is 0 Å². The van der Waals surface area contributed by atoms with Crippen LogP contribution >= 0.6 is 11.6 Å². The summed E-state index contributed by atoms with van der Waals surface area (Å²) in [6, 6.07) is 9.74. The molecule has 3 heterocycles. The van der Waals surface area contributed by atoms with Gasteiger partial charge in [0, 0.05) is 30.9 Å². The predicted molar refractivity (Wildman–Crippen MR) is 102 cm³/mol. The normalized spacial score (nSPS) is 21.8. The van der Waals surface area contributed by atoms with Crippen LogP contribution in [-0.2, 0) is 4.74 Å². The minimum atomic E-state index is -0.188. The van der Waals surface area contributed by atoms with Gasteiger partial charge in [0.05, 0.1) is 19.3 Å². The van der Waals surface area contributed by atoms with E-state index >= 15 is 0 Å². The molecule has 2 saturated heterocycles. The molecule has 1 aromatic carbocycles. The van der Waals surface area contributed by atoms with E-state index in [0.29, 0.717) is 13.2 Å². The van der Waals surface area contributed by atoms with Crippen LogP contribution in [0.25, 0.3) is 0 Å². The Balaban J connectivity index is 1.48. The van der Waals surface area contributed by atoms with Crippen molar-refractivity contribution in [3.05, 3.63) is 47.1 Å². The van der Waals surface area contributed by atoms with Crippen LogP contribution in [0.1, 0.15) is 24.5 Å². The molecule has 0 bridgehead atoms. The standard InChI is InChI=1S/C19H23ClN4O2/c20-15-3-1-14(2-4-15)17-13-24(11-12-26-17)19-21-8-5-18(22-19)23-9-6-16(25)7-10-23/h1-5,8,16-17,25H,6-7,9-13H2/t17-/m0/s1. The van der Waals surface area contributed by atoms with Crippen molar-refractivity contribution >= 4 is 23.4 Å². The number of aliphatic hydroxyl groups is 1. The van der Waals surface area contributed by atoms with E-state index in [1.807, 2.05) is 36.5 Å². The number of aliphatic hydroxyl groups excluding tert-OH is 1. The third-order valence-corrected chi connectivity index (χ3v) is 5.26. The van der Waals surface area contributed by atoms with Crippen molar-refractivity contribution < 1.29 is 9.84 Å². The summed E-state index contributed by atoms with van der Waals surface area (Å²) < 4.78 is 5.94. The Labute approximate surface area is 158 Å². The number of hydrogen-bond donors (Lipinski definition) is 1. The monoisotopic (exact) mass is 374 g/mol. The van der Waals surface area contributed by atoms with Gasteiger partial charge in [0.1, 0.15) is 11.9 Å². The Hall–Kier alpha value is -1.89. The maximum absolute atomic E-state index is 9.70. The molecule has 2 aliphatic rings. The highest BCUT2D eigenvalue weighted by Crippen LogP contribution is 2.26. The van der Waals surface area contributed by atoms with Crippen LogP contribution in [-0.4, -0.2) is 54.0 Å². The second-order valence-corrected chi connectivity index (χ2v) is 7.23. The number of nitrogens with zero attached hydrogens (tertiary/aromatic N) is 4. The van der Waals surface area contributed by atoms with Crippen molar-refractivity contribution in [3.63, 3.8) is 0 Å². The summed E-state index contributed by atoms with van der Waals surface area (Å²) in [6.07, 6.45) is 3.19. The average molecular weight is 375 g/mol. The Morgan fingerprint density at radius 1 is 1.04 bits per heavy atom. The lowest BCUT2D eigenvalue weighted by Gasteiger charge is -2.34. The second kappa shape index (κ2) is 7.78. The van der Waals surface area contributed by atoms with Crippen molar-refractivity contribution in [2.45, 2.75) is 25.0 Å². The molecule has 1 atom stereocenters. The zero-order chi connectivity index (χ0) is 17.9. The fourth-order valence-corrected chi connectivity index (χ4v) is 3.60. The molecular weight excluding hydrogens is 352 g/mol. The molecule has 2 aromatic rings. The average Bonchev–Trinajstić information content (AvgIpc) is 2.69. The SMILES string of the molecule is OC1CCN(c2ccnc(N3CCO[C@H](c4ccc(Cl)cc4)C3)n2)CC1. The number of benzene rings is 1. The summed E-state index contributed by atoms with van der Waals surface area (Å²) in [7, 11) is 0. The zero-order valence-electron chi connectivity index (χ0n) is 14.6. The predicted octanol–water partition coefficient (Wildman–Crippen LogP) is 2.67. The molecule has 1 N–H and O–H groups in total. The van der Waals surface area contributed by atoms with Gasteiger partial charge in [0.25, 0.3) is 0 Å². The molecule has 0 amide bonds. The minimum absolute atomic E-state index is 0.0154. The molecule has 1 aromatic heterocycles. The van der Waals surface area contributed by atoms with Crippen molar-refractivity contribution in [2.75, 3.05) is 42.6 Å². The van der Waals surface area contributed by atoms with Gasteiger partial charge in [-0.25, -0.2) is 4.98 Å². The van der Waals surface area contributed by atoms with Crippen molar-refractivity contribution in [1.29, 1.82) is 0 Å². The third-order valence-electron chi connectivity index (χ3n) is 5.01. The number of ether oxygens (including phenoxy) is 1. The fourth-order valence-electron chi connectivity index (χ4n) is 3.47. The minimum Gasteiger partial charge on any atom is -0.393 e. The number of rotatable bonds is 3. The quantitative estimate of drug-likeness (QED) is 0.891. The molecular formula is C19H23ClN4O2. The van der Waals surface area contributed by atoms with Crippen molar-refractivity contribution in [3.8, 4) is 0 Å². The number of halogens is 1. The van der Waals surface area contributed by atoms with Crippen LogP contribution in [0.3, 0.4) is 0 Å². The van der Waals surface area contributed by atoms with Gasteiger partial charge in [-0.2, -0.15) is 4.98 Å². The van der Waals surface area contributed by atoms with Gasteiger partial charge in [-0.05, 0) is 36.6 Å². The van der Waals surface area contributed by atoms with Crippen LogP contribution in [0, 0.1) is 0 Å². The summed E-state index contributed by atoms with van der Waals surface area (Å²) in [5, 5.41) is 10.4. The van der Waals surface area contributed by atoms with Gasteiger partial charge in [-0.1, -0.05) is 23.7 Å². The first kappa shape index (κ1) is 17.5. The van der Waals surface area contributed by atoms with E-state index in [2.05, 4.69) is 14.8 Å². The highest BCUT2D eigenvalue weighted by atomic mass is 35.5. The lowest BCUT2D eigenvalue weighted by atomic mass is 10.1. The summed E-state index contributed by atoms with van der Waals surface area (Å²) in [6.45, 7) is 3.77. The summed E-state index contributed by atoms with van der Waals surface area (Å²) in [5.74, 6) is 1.66. The maximum Gasteiger partial charge on any atom is 0.227 e. The Morgan fingerprint density at radius 2 is 1.81 bits per heavy atom. The van der Waals surface area contributed by atoms with E-state index in [-0.39, 0.29) is 12.2 Å². The molecule has 0 saturated carbocycles. The molecule has 0 radical (unpaired) electrons. The molecule has 0 unspecified atom stereocenters. The van der Waals surface area contributed by atoms with E-state index in [1.54, 1.807) is 0 Å². The topological polar surface area (TPSA) is 61.7 Å². The number of anilines is 2. The first-order chi connectivity index (χ1) is 12.7. The lowest BCUT2D eigenvalue weighted by molar-refractivity contribution is 0.0392. The molecule has 0 aliphatic carbocycles. The molecule has 6 nitrogen and oxygen atoms in total. The van der Waals surface area contributed by atoms with Crippen LogP contribution in [0.5, 0.6) is 0 Å². The first-order valence-electron chi connectivity index (χ1n) is 9.07. The summed E-state index contributed by atoms with van der Waals surface area (Å²) in [4.78, 5) is 13.6. The van der Waals surface area contributed by atoms with Gasteiger partial charge in [-0.3, -0.25) is 0 Å². The molecule has 26 heavy (non-hydrogen) atoms. The Kier molecular flexibility index (Phi) is 5.24. The molecule has 4 rings (SSSR count). The molecule has 0 spiro atoms. The van der Waals surface area contributed by atoms with Crippen LogP contribution in [0.4, 0.5) is 11.8 Å². The van der Waals surface area contributed by atoms with Gasteiger partial charge in [0.15, 0.2) is 0 Å². The van der Waals surface area contributed by atoms with E-state index in [0.717, 1.165) is 54.8 Å². The second-order valence-electron chi connectivity index (χ2n) is 6.79. The van der Waals surface area contributed by atoms with E-state index in [1.165, 1.54) is 0 Å². The number of piperidine rings is 1. The van der Waals surface area contributed by atoms with Gasteiger partial charge in [0.2, 0.25) is 5.95 Å². The van der Waals surface area contributed by atoms with Gasteiger partial charge >= 0.3 is 0 Å². The maximum atomic E-state index is 9.70.